The van der Waals surface area contributed by atoms with Crippen LogP contribution in [0.5, 0.6) is 0 Å². The molecule has 0 saturated carbocycles. The molecule has 0 spiro atoms. The second-order valence-corrected chi connectivity index (χ2v) is 3.94. The summed E-state index contributed by atoms with van der Waals surface area (Å²) < 4.78 is 0. The zero-order valence-corrected chi connectivity index (χ0v) is 9.97. The van der Waals surface area contributed by atoms with E-state index in [-0.39, 0.29) is 6.04 Å². The maximum Gasteiger partial charge on any atom is 0.316 e. The molecule has 0 aliphatic rings. The van der Waals surface area contributed by atoms with E-state index in [0.717, 1.165) is 11.4 Å². The minimum absolute atomic E-state index is 0.127. The van der Waals surface area contributed by atoms with Crippen LogP contribution in [0.3, 0.4) is 0 Å². The van der Waals surface area contributed by atoms with Gasteiger partial charge in [-0.2, -0.15) is 5.10 Å². The van der Waals surface area contributed by atoms with Crippen LogP contribution in [0.15, 0.2) is 36.5 Å². The van der Waals surface area contributed by atoms with Gasteiger partial charge in [-0.1, -0.05) is 0 Å². The standard InChI is InChI=1S/C12H15N5O/c1-8(11-6-7-14-17-11)15-9-2-4-10(5-3-9)16-12(13)18/h2-8,15H,1H3,(H,14,17)(H3,13,16,18). The number of benzene rings is 1. The molecule has 6 heteroatoms. The van der Waals surface area contributed by atoms with Gasteiger partial charge in [-0.15, -0.1) is 0 Å². The maximum atomic E-state index is 10.7. The van der Waals surface area contributed by atoms with Crippen LogP contribution in [0, 0.1) is 0 Å². The van der Waals surface area contributed by atoms with Crippen molar-refractivity contribution in [1.82, 2.24) is 10.2 Å². The second-order valence-electron chi connectivity index (χ2n) is 3.94. The third-order valence-electron chi connectivity index (χ3n) is 2.52. The van der Waals surface area contributed by atoms with E-state index in [2.05, 4.69) is 20.8 Å². The van der Waals surface area contributed by atoms with E-state index >= 15 is 0 Å². The van der Waals surface area contributed by atoms with Crippen molar-refractivity contribution in [3.8, 4) is 0 Å². The first-order valence-electron chi connectivity index (χ1n) is 5.57. The monoisotopic (exact) mass is 245 g/mol. The van der Waals surface area contributed by atoms with Crippen LogP contribution in [0.2, 0.25) is 0 Å². The Morgan fingerprint density at radius 2 is 1.94 bits per heavy atom. The summed E-state index contributed by atoms with van der Waals surface area (Å²) in [5.74, 6) is 0. The molecule has 94 valence electrons. The number of carbonyl (C=O) groups is 1. The Kier molecular flexibility index (Phi) is 3.47. The molecule has 2 rings (SSSR count). The summed E-state index contributed by atoms with van der Waals surface area (Å²) in [6.07, 6.45) is 1.72. The number of aromatic amines is 1. The van der Waals surface area contributed by atoms with E-state index in [1.807, 2.05) is 25.1 Å². The molecule has 0 fully saturated rings. The minimum Gasteiger partial charge on any atom is -0.377 e. The zero-order valence-electron chi connectivity index (χ0n) is 9.97. The second kappa shape index (κ2) is 5.22. The minimum atomic E-state index is -0.568. The molecule has 0 radical (unpaired) electrons. The van der Waals surface area contributed by atoms with Gasteiger partial charge in [-0.3, -0.25) is 5.10 Å². The van der Waals surface area contributed by atoms with Crippen LogP contribution in [-0.2, 0) is 0 Å². The number of nitrogens with zero attached hydrogens (tertiary/aromatic N) is 1. The molecule has 2 amide bonds. The first-order valence-corrected chi connectivity index (χ1v) is 5.57. The molecule has 1 unspecified atom stereocenters. The molecule has 18 heavy (non-hydrogen) atoms. The number of anilines is 2. The van der Waals surface area contributed by atoms with Gasteiger partial charge in [-0.25, -0.2) is 4.79 Å². The number of urea groups is 1. The lowest BCUT2D eigenvalue weighted by molar-refractivity contribution is 0.259. The molecule has 6 nitrogen and oxygen atoms in total. The Bertz CT molecular complexity index is 506. The van der Waals surface area contributed by atoms with Crippen LogP contribution < -0.4 is 16.4 Å². The SMILES string of the molecule is CC(Nc1ccc(NC(N)=O)cc1)c1ccn[nH]1. The number of carbonyl (C=O) groups excluding carboxylic acids is 1. The first kappa shape index (κ1) is 12.0. The molecule has 0 aliphatic heterocycles. The molecular formula is C12H15N5O. The fourth-order valence-electron chi connectivity index (χ4n) is 1.63. The molecule has 1 atom stereocenters. The Morgan fingerprint density at radius 1 is 1.28 bits per heavy atom. The van der Waals surface area contributed by atoms with E-state index < -0.39 is 6.03 Å². The van der Waals surface area contributed by atoms with Crippen LogP contribution in [0.25, 0.3) is 0 Å². The summed E-state index contributed by atoms with van der Waals surface area (Å²) >= 11 is 0. The highest BCUT2D eigenvalue weighted by molar-refractivity contribution is 5.87. The summed E-state index contributed by atoms with van der Waals surface area (Å²) in [4.78, 5) is 10.7. The average Bonchev–Trinajstić information content (AvgIpc) is 2.84. The van der Waals surface area contributed by atoms with Crippen molar-refractivity contribution < 1.29 is 4.79 Å². The lowest BCUT2D eigenvalue weighted by Gasteiger charge is -2.13. The van der Waals surface area contributed by atoms with Gasteiger partial charge < -0.3 is 16.4 Å². The first-order chi connectivity index (χ1) is 8.65. The molecule has 1 heterocycles. The number of rotatable bonds is 4. The van der Waals surface area contributed by atoms with Gasteiger partial charge >= 0.3 is 6.03 Å². The summed E-state index contributed by atoms with van der Waals surface area (Å²) in [6.45, 7) is 2.03. The van der Waals surface area contributed by atoms with Gasteiger partial charge in [-0.05, 0) is 37.3 Å². The summed E-state index contributed by atoms with van der Waals surface area (Å²) in [7, 11) is 0. The quantitative estimate of drug-likeness (QED) is 0.664. The normalized spacial score (nSPS) is 11.8. The van der Waals surface area contributed by atoms with Crippen LogP contribution in [0.4, 0.5) is 16.2 Å². The van der Waals surface area contributed by atoms with Gasteiger partial charge in [0.1, 0.15) is 0 Å². The van der Waals surface area contributed by atoms with Crippen molar-refractivity contribution >= 4 is 17.4 Å². The molecule has 1 aromatic carbocycles. The highest BCUT2D eigenvalue weighted by atomic mass is 16.2. The van der Waals surface area contributed by atoms with E-state index in [0.29, 0.717) is 5.69 Å². The number of H-pyrrole nitrogens is 1. The predicted molar refractivity (Wildman–Crippen MR) is 70.3 cm³/mol. The number of primary amides is 1. The molecular weight excluding hydrogens is 230 g/mol. The number of amides is 2. The topological polar surface area (TPSA) is 95.8 Å². The van der Waals surface area contributed by atoms with Crippen molar-refractivity contribution in [2.24, 2.45) is 5.73 Å². The fourth-order valence-corrected chi connectivity index (χ4v) is 1.63. The Morgan fingerprint density at radius 3 is 2.50 bits per heavy atom. The van der Waals surface area contributed by atoms with E-state index in [4.69, 9.17) is 5.73 Å². The van der Waals surface area contributed by atoms with Crippen molar-refractivity contribution in [3.05, 3.63) is 42.2 Å². The number of nitrogens with two attached hydrogens (primary N) is 1. The van der Waals surface area contributed by atoms with Crippen molar-refractivity contribution in [2.45, 2.75) is 13.0 Å². The third kappa shape index (κ3) is 3.00. The van der Waals surface area contributed by atoms with Gasteiger partial charge in [0, 0.05) is 17.6 Å². The van der Waals surface area contributed by atoms with Crippen LogP contribution >= 0.6 is 0 Å². The van der Waals surface area contributed by atoms with Crippen molar-refractivity contribution in [1.29, 1.82) is 0 Å². The Labute approximate surface area is 105 Å². The summed E-state index contributed by atoms with van der Waals surface area (Å²) in [6, 6.07) is 8.79. The summed E-state index contributed by atoms with van der Waals surface area (Å²) in [5.41, 5.74) is 7.66. The van der Waals surface area contributed by atoms with E-state index in [9.17, 15) is 4.79 Å². The van der Waals surface area contributed by atoms with Crippen LogP contribution in [0.1, 0.15) is 18.7 Å². The van der Waals surface area contributed by atoms with Gasteiger partial charge in [0.15, 0.2) is 0 Å². The molecule has 5 N–H and O–H groups in total. The highest BCUT2D eigenvalue weighted by Crippen LogP contribution is 2.19. The van der Waals surface area contributed by atoms with Crippen molar-refractivity contribution in [3.63, 3.8) is 0 Å². The predicted octanol–water partition coefficient (Wildman–Crippen LogP) is 2.07. The lowest BCUT2D eigenvalue weighted by atomic mass is 10.2. The number of nitrogens with one attached hydrogen (secondary N) is 3. The summed E-state index contributed by atoms with van der Waals surface area (Å²) in [5, 5.41) is 12.6. The lowest BCUT2D eigenvalue weighted by Crippen LogP contribution is -2.19. The largest absolute Gasteiger partial charge is 0.377 e. The molecule has 1 aromatic heterocycles. The molecule has 2 aromatic rings. The molecule has 0 saturated heterocycles. The maximum absolute atomic E-state index is 10.7. The Balaban J connectivity index is 2.00. The van der Waals surface area contributed by atoms with Crippen LogP contribution in [-0.4, -0.2) is 16.2 Å². The zero-order chi connectivity index (χ0) is 13.0. The third-order valence-corrected chi connectivity index (χ3v) is 2.52. The highest BCUT2D eigenvalue weighted by Gasteiger charge is 2.06. The van der Waals surface area contributed by atoms with Gasteiger partial charge in [0.05, 0.1) is 11.7 Å². The van der Waals surface area contributed by atoms with Crippen molar-refractivity contribution in [2.75, 3.05) is 10.6 Å². The van der Waals surface area contributed by atoms with E-state index in [1.165, 1.54) is 0 Å². The average molecular weight is 245 g/mol. The van der Waals surface area contributed by atoms with E-state index in [1.54, 1.807) is 18.3 Å². The fraction of sp³-hybridized carbons (Fsp3) is 0.167. The molecule has 0 bridgehead atoms. The number of hydrogen-bond acceptors (Lipinski definition) is 3. The molecule has 0 aliphatic carbocycles. The smallest absolute Gasteiger partial charge is 0.316 e. The number of aromatic nitrogens is 2. The van der Waals surface area contributed by atoms with Gasteiger partial charge in [0.2, 0.25) is 0 Å². The number of hydrogen-bond donors (Lipinski definition) is 4. The van der Waals surface area contributed by atoms with Gasteiger partial charge in [0.25, 0.3) is 0 Å². The Hall–Kier alpha value is -2.50.